The summed E-state index contributed by atoms with van der Waals surface area (Å²) in [5, 5.41) is 6.42. The van der Waals surface area contributed by atoms with Crippen molar-refractivity contribution in [1.82, 2.24) is 10.3 Å². The van der Waals surface area contributed by atoms with E-state index >= 15 is 0 Å². The van der Waals surface area contributed by atoms with Crippen LogP contribution >= 0.6 is 11.6 Å². The largest absolute Gasteiger partial charge is 0.326 e. The molecule has 94 valence electrons. The topological polar surface area (TPSA) is 54.0 Å². The van der Waals surface area contributed by atoms with Crippen LogP contribution in [0.3, 0.4) is 0 Å². The fourth-order valence-electron chi connectivity index (χ4n) is 1.34. The van der Waals surface area contributed by atoms with E-state index in [1.54, 1.807) is 18.3 Å². The SMILES string of the molecule is CC(C)NCCCC(=O)Nc1ccnc(Cl)c1. The lowest BCUT2D eigenvalue weighted by Crippen LogP contribution is -2.24. The van der Waals surface area contributed by atoms with Gasteiger partial charge in [0.2, 0.25) is 5.91 Å². The molecule has 1 heterocycles. The molecule has 0 aliphatic carbocycles. The molecule has 0 fully saturated rings. The number of carbonyl (C=O) groups is 1. The number of halogens is 1. The van der Waals surface area contributed by atoms with Gasteiger partial charge in [-0.05, 0) is 25.1 Å². The van der Waals surface area contributed by atoms with E-state index in [9.17, 15) is 4.79 Å². The minimum atomic E-state index is -0.00202. The van der Waals surface area contributed by atoms with Crippen molar-refractivity contribution in [2.75, 3.05) is 11.9 Å². The maximum Gasteiger partial charge on any atom is 0.224 e. The first-order chi connectivity index (χ1) is 8.08. The van der Waals surface area contributed by atoms with Gasteiger partial charge in [-0.25, -0.2) is 4.98 Å². The van der Waals surface area contributed by atoms with Crippen molar-refractivity contribution in [3.05, 3.63) is 23.5 Å². The van der Waals surface area contributed by atoms with Crippen molar-refractivity contribution >= 4 is 23.2 Å². The molecule has 0 bridgehead atoms. The van der Waals surface area contributed by atoms with Crippen molar-refractivity contribution in [2.45, 2.75) is 32.7 Å². The molecular weight excluding hydrogens is 238 g/mol. The van der Waals surface area contributed by atoms with Crippen LogP contribution in [0.2, 0.25) is 5.15 Å². The molecule has 0 spiro atoms. The predicted octanol–water partition coefficient (Wildman–Crippen LogP) is 2.45. The monoisotopic (exact) mass is 255 g/mol. The van der Waals surface area contributed by atoms with Gasteiger partial charge >= 0.3 is 0 Å². The van der Waals surface area contributed by atoms with E-state index in [2.05, 4.69) is 29.5 Å². The Morgan fingerprint density at radius 1 is 1.53 bits per heavy atom. The minimum Gasteiger partial charge on any atom is -0.326 e. The first-order valence-corrected chi connectivity index (χ1v) is 6.10. The number of nitrogens with zero attached hydrogens (tertiary/aromatic N) is 1. The normalized spacial score (nSPS) is 10.6. The average molecular weight is 256 g/mol. The number of rotatable bonds is 6. The molecule has 0 unspecified atom stereocenters. The standard InChI is InChI=1S/C12H18ClN3O/c1-9(2)14-6-3-4-12(17)16-10-5-7-15-11(13)8-10/h5,7-9,14H,3-4,6H2,1-2H3,(H,15,16,17). The van der Waals surface area contributed by atoms with E-state index in [0.29, 0.717) is 23.3 Å². The fraction of sp³-hybridized carbons (Fsp3) is 0.500. The number of hydrogen-bond donors (Lipinski definition) is 2. The number of carbonyl (C=O) groups excluding carboxylic acids is 1. The fourth-order valence-corrected chi connectivity index (χ4v) is 1.52. The van der Waals surface area contributed by atoms with Crippen LogP contribution < -0.4 is 10.6 Å². The van der Waals surface area contributed by atoms with Gasteiger partial charge in [0, 0.05) is 24.3 Å². The second kappa shape index (κ2) is 7.25. The molecule has 0 aromatic carbocycles. The third-order valence-electron chi connectivity index (χ3n) is 2.14. The highest BCUT2D eigenvalue weighted by atomic mass is 35.5. The second-order valence-electron chi connectivity index (χ2n) is 4.13. The molecular formula is C12H18ClN3O. The Balaban J connectivity index is 2.25. The molecule has 0 atom stereocenters. The first-order valence-electron chi connectivity index (χ1n) is 5.72. The molecule has 1 aromatic heterocycles. The van der Waals surface area contributed by atoms with Crippen molar-refractivity contribution in [1.29, 1.82) is 0 Å². The van der Waals surface area contributed by atoms with E-state index in [4.69, 9.17) is 11.6 Å². The van der Waals surface area contributed by atoms with Crippen LogP contribution in [0.25, 0.3) is 0 Å². The number of anilines is 1. The number of nitrogens with one attached hydrogen (secondary N) is 2. The Kier molecular flexibility index (Phi) is 5.94. The average Bonchev–Trinajstić information content (AvgIpc) is 2.24. The lowest BCUT2D eigenvalue weighted by atomic mass is 10.2. The summed E-state index contributed by atoms with van der Waals surface area (Å²) in [5.41, 5.74) is 0.687. The highest BCUT2D eigenvalue weighted by Crippen LogP contribution is 2.12. The summed E-state index contributed by atoms with van der Waals surface area (Å²) in [6, 6.07) is 3.80. The molecule has 5 heteroatoms. The Bertz CT molecular complexity index is 369. The van der Waals surface area contributed by atoms with Gasteiger partial charge in [-0.2, -0.15) is 0 Å². The van der Waals surface area contributed by atoms with Crippen LogP contribution in [-0.4, -0.2) is 23.5 Å². The van der Waals surface area contributed by atoms with Crippen molar-refractivity contribution < 1.29 is 4.79 Å². The van der Waals surface area contributed by atoms with Crippen LogP contribution in [-0.2, 0) is 4.79 Å². The zero-order chi connectivity index (χ0) is 12.7. The van der Waals surface area contributed by atoms with Gasteiger partial charge in [-0.15, -0.1) is 0 Å². The van der Waals surface area contributed by atoms with Gasteiger partial charge in [0.1, 0.15) is 5.15 Å². The maximum atomic E-state index is 11.6. The number of pyridine rings is 1. The summed E-state index contributed by atoms with van der Waals surface area (Å²) in [5.74, 6) is -0.00202. The molecule has 1 rings (SSSR count). The molecule has 1 amide bonds. The minimum absolute atomic E-state index is 0.00202. The number of aromatic nitrogens is 1. The molecule has 4 nitrogen and oxygen atoms in total. The maximum absolute atomic E-state index is 11.6. The van der Waals surface area contributed by atoms with Gasteiger partial charge in [0.25, 0.3) is 0 Å². The Labute approximate surface area is 107 Å². The Morgan fingerprint density at radius 3 is 2.94 bits per heavy atom. The summed E-state index contributed by atoms with van der Waals surface area (Å²) in [6.07, 6.45) is 2.89. The molecule has 0 aliphatic heterocycles. The van der Waals surface area contributed by atoms with Crippen LogP contribution in [0.5, 0.6) is 0 Å². The van der Waals surface area contributed by atoms with Crippen molar-refractivity contribution in [3.63, 3.8) is 0 Å². The van der Waals surface area contributed by atoms with Gasteiger partial charge in [0.05, 0.1) is 0 Å². The van der Waals surface area contributed by atoms with E-state index in [0.717, 1.165) is 13.0 Å². The highest BCUT2D eigenvalue weighted by molar-refractivity contribution is 6.29. The molecule has 0 saturated carbocycles. The molecule has 0 radical (unpaired) electrons. The molecule has 0 aliphatic rings. The van der Waals surface area contributed by atoms with Crippen LogP contribution in [0.4, 0.5) is 5.69 Å². The van der Waals surface area contributed by atoms with Crippen LogP contribution in [0.1, 0.15) is 26.7 Å². The Hall–Kier alpha value is -1.13. The van der Waals surface area contributed by atoms with E-state index in [-0.39, 0.29) is 5.91 Å². The van der Waals surface area contributed by atoms with E-state index in [1.807, 2.05) is 0 Å². The molecule has 1 aromatic rings. The highest BCUT2D eigenvalue weighted by Gasteiger charge is 2.03. The zero-order valence-electron chi connectivity index (χ0n) is 10.2. The third kappa shape index (κ3) is 6.24. The smallest absolute Gasteiger partial charge is 0.224 e. The summed E-state index contributed by atoms with van der Waals surface area (Å²) in [7, 11) is 0. The summed E-state index contributed by atoms with van der Waals surface area (Å²) >= 11 is 5.72. The van der Waals surface area contributed by atoms with Crippen LogP contribution in [0, 0.1) is 0 Å². The summed E-state index contributed by atoms with van der Waals surface area (Å²) < 4.78 is 0. The zero-order valence-corrected chi connectivity index (χ0v) is 10.9. The van der Waals surface area contributed by atoms with Gasteiger partial charge in [-0.3, -0.25) is 4.79 Å². The number of hydrogen-bond acceptors (Lipinski definition) is 3. The lowest BCUT2D eigenvalue weighted by molar-refractivity contribution is -0.116. The lowest BCUT2D eigenvalue weighted by Gasteiger charge is -2.08. The summed E-state index contributed by atoms with van der Waals surface area (Å²) in [6.45, 7) is 5.01. The predicted molar refractivity (Wildman–Crippen MR) is 70.2 cm³/mol. The van der Waals surface area contributed by atoms with Gasteiger partial charge < -0.3 is 10.6 Å². The summed E-state index contributed by atoms with van der Waals surface area (Å²) in [4.78, 5) is 15.4. The van der Waals surface area contributed by atoms with E-state index in [1.165, 1.54) is 0 Å². The molecule has 2 N–H and O–H groups in total. The second-order valence-corrected chi connectivity index (χ2v) is 4.52. The van der Waals surface area contributed by atoms with Gasteiger partial charge in [-0.1, -0.05) is 25.4 Å². The quantitative estimate of drug-likeness (QED) is 0.606. The molecule has 17 heavy (non-hydrogen) atoms. The number of amides is 1. The first kappa shape index (κ1) is 13.9. The van der Waals surface area contributed by atoms with Crippen molar-refractivity contribution in [2.24, 2.45) is 0 Å². The van der Waals surface area contributed by atoms with Gasteiger partial charge in [0.15, 0.2) is 0 Å². The van der Waals surface area contributed by atoms with E-state index < -0.39 is 0 Å². The van der Waals surface area contributed by atoms with Crippen molar-refractivity contribution in [3.8, 4) is 0 Å². The molecule has 0 saturated heterocycles. The third-order valence-corrected chi connectivity index (χ3v) is 2.35. The van der Waals surface area contributed by atoms with Crippen LogP contribution in [0.15, 0.2) is 18.3 Å². The Morgan fingerprint density at radius 2 is 2.29 bits per heavy atom.